The standard InChI is InChI=1S/C15H13F3N2O/c16-15(17,18)12-6-4-10(5-7-12)9-20-13-3-1-2-11(8-13)14(19)21/h1-8,20H,9H2,(H2,19,21). The molecule has 0 aliphatic carbocycles. The van der Waals surface area contributed by atoms with Gasteiger partial charge in [-0.1, -0.05) is 18.2 Å². The zero-order valence-electron chi connectivity index (χ0n) is 10.9. The number of anilines is 1. The first-order chi connectivity index (χ1) is 9.86. The summed E-state index contributed by atoms with van der Waals surface area (Å²) < 4.78 is 37.3. The monoisotopic (exact) mass is 294 g/mol. The molecular weight excluding hydrogens is 281 g/mol. The molecule has 0 unspecified atom stereocenters. The second kappa shape index (κ2) is 5.87. The highest BCUT2D eigenvalue weighted by molar-refractivity contribution is 5.93. The van der Waals surface area contributed by atoms with Crippen LogP contribution >= 0.6 is 0 Å². The van der Waals surface area contributed by atoms with Crippen molar-refractivity contribution in [2.75, 3.05) is 5.32 Å². The summed E-state index contributed by atoms with van der Waals surface area (Å²) in [4.78, 5) is 11.0. The van der Waals surface area contributed by atoms with Gasteiger partial charge in [0, 0.05) is 17.8 Å². The van der Waals surface area contributed by atoms with Gasteiger partial charge >= 0.3 is 6.18 Å². The molecule has 2 aromatic rings. The van der Waals surface area contributed by atoms with Crippen LogP contribution in [0.5, 0.6) is 0 Å². The van der Waals surface area contributed by atoms with E-state index in [0.717, 1.165) is 12.1 Å². The minimum absolute atomic E-state index is 0.348. The average Bonchev–Trinajstić information content (AvgIpc) is 2.45. The normalized spacial score (nSPS) is 11.2. The Bertz CT molecular complexity index is 636. The second-order valence-corrected chi connectivity index (χ2v) is 4.49. The van der Waals surface area contributed by atoms with Crippen molar-refractivity contribution in [3.05, 3.63) is 65.2 Å². The Hall–Kier alpha value is -2.50. The van der Waals surface area contributed by atoms with Crippen molar-refractivity contribution in [1.82, 2.24) is 0 Å². The van der Waals surface area contributed by atoms with Crippen LogP contribution in [-0.2, 0) is 12.7 Å². The molecule has 21 heavy (non-hydrogen) atoms. The number of carbonyl (C=O) groups is 1. The summed E-state index contributed by atoms with van der Waals surface area (Å²) in [5.41, 5.74) is 6.24. The molecule has 2 rings (SSSR count). The fourth-order valence-corrected chi connectivity index (χ4v) is 1.80. The van der Waals surface area contributed by atoms with Crippen molar-refractivity contribution in [3.63, 3.8) is 0 Å². The summed E-state index contributed by atoms with van der Waals surface area (Å²) in [6.07, 6.45) is -4.33. The molecule has 110 valence electrons. The van der Waals surface area contributed by atoms with E-state index >= 15 is 0 Å². The van der Waals surface area contributed by atoms with E-state index in [1.807, 2.05) is 0 Å². The first kappa shape index (κ1) is 14.9. The lowest BCUT2D eigenvalue weighted by molar-refractivity contribution is -0.137. The Morgan fingerprint density at radius 2 is 1.76 bits per heavy atom. The molecule has 0 aliphatic rings. The summed E-state index contributed by atoms with van der Waals surface area (Å²) >= 11 is 0. The molecule has 0 bridgehead atoms. The molecule has 0 aliphatic heterocycles. The first-order valence-electron chi connectivity index (χ1n) is 6.16. The van der Waals surface area contributed by atoms with Gasteiger partial charge in [-0.25, -0.2) is 0 Å². The smallest absolute Gasteiger partial charge is 0.381 e. The van der Waals surface area contributed by atoms with Gasteiger partial charge in [-0.05, 0) is 35.9 Å². The topological polar surface area (TPSA) is 55.1 Å². The highest BCUT2D eigenvalue weighted by Gasteiger charge is 2.29. The van der Waals surface area contributed by atoms with Gasteiger partial charge in [0.05, 0.1) is 5.56 Å². The number of carbonyl (C=O) groups excluding carboxylic acids is 1. The number of hydrogen-bond acceptors (Lipinski definition) is 2. The molecule has 2 aromatic carbocycles. The number of halogens is 3. The first-order valence-corrected chi connectivity index (χ1v) is 6.16. The molecule has 0 heterocycles. The van der Waals surface area contributed by atoms with Crippen LogP contribution in [-0.4, -0.2) is 5.91 Å². The predicted molar refractivity (Wildman–Crippen MR) is 73.7 cm³/mol. The molecular formula is C15H13F3N2O. The molecule has 6 heteroatoms. The Kier molecular flexibility index (Phi) is 4.16. The lowest BCUT2D eigenvalue weighted by atomic mass is 10.1. The van der Waals surface area contributed by atoms with Crippen molar-refractivity contribution < 1.29 is 18.0 Å². The third-order valence-electron chi connectivity index (χ3n) is 2.92. The highest BCUT2D eigenvalue weighted by atomic mass is 19.4. The van der Waals surface area contributed by atoms with Gasteiger partial charge in [-0.15, -0.1) is 0 Å². The lowest BCUT2D eigenvalue weighted by Gasteiger charge is -2.10. The molecule has 0 atom stereocenters. The SMILES string of the molecule is NC(=O)c1cccc(NCc2ccc(C(F)(F)F)cc2)c1. The molecule has 0 saturated heterocycles. The Morgan fingerprint density at radius 3 is 2.33 bits per heavy atom. The molecule has 0 fully saturated rings. The minimum atomic E-state index is -4.33. The summed E-state index contributed by atoms with van der Waals surface area (Å²) in [6.45, 7) is 0.348. The Morgan fingerprint density at radius 1 is 1.10 bits per heavy atom. The van der Waals surface area contributed by atoms with E-state index in [4.69, 9.17) is 5.73 Å². The maximum atomic E-state index is 12.4. The Labute approximate surface area is 119 Å². The maximum Gasteiger partial charge on any atom is 0.416 e. The number of rotatable bonds is 4. The second-order valence-electron chi connectivity index (χ2n) is 4.49. The van der Waals surface area contributed by atoms with Crippen LogP contribution in [0, 0.1) is 0 Å². The number of hydrogen-bond donors (Lipinski definition) is 2. The van der Waals surface area contributed by atoms with E-state index in [0.29, 0.717) is 23.4 Å². The van der Waals surface area contributed by atoms with Crippen molar-refractivity contribution >= 4 is 11.6 Å². The van der Waals surface area contributed by atoms with Gasteiger partial charge in [-0.3, -0.25) is 4.79 Å². The van der Waals surface area contributed by atoms with Crippen LogP contribution in [0.4, 0.5) is 18.9 Å². The van der Waals surface area contributed by atoms with Gasteiger partial charge in [0.2, 0.25) is 5.91 Å². The number of nitrogens with two attached hydrogens (primary N) is 1. The van der Waals surface area contributed by atoms with Crippen LogP contribution in [0.3, 0.4) is 0 Å². The number of primary amides is 1. The number of benzene rings is 2. The van der Waals surface area contributed by atoms with Crippen LogP contribution < -0.4 is 11.1 Å². The number of alkyl halides is 3. The molecule has 1 amide bonds. The van der Waals surface area contributed by atoms with E-state index in [1.165, 1.54) is 12.1 Å². The third kappa shape index (κ3) is 3.98. The van der Waals surface area contributed by atoms with E-state index in [1.54, 1.807) is 24.3 Å². The summed E-state index contributed by atoms with van der Waals surface area (Å²) in [5, 5.41) is 3.03. The lowest BCUT2D eigenvalue weighted by Crippen LogP contribution is -2.11. The zero-order valence-corrected chi connectivity index (χ0v) is 10.9. The van der Waals surface area contributed by atoms with Crippen molar-refractivity contribution in [1.29, 1.82) is 0 Å². The van der Waals surface area contributed by atoms with E-state index in [2.05, 4.69) is 5.32 Å². The summed E-state index contributed by atoms with van der Waals surface area (Å²) in [7, 11) is 0. The van der Waals surface area contributed by atoms with Crippen LogP contribution in [0.25, 0.3) is 0 Å². The van der Waals surface area contributed by atoms with Crippen molar-refractivity contribution in [2.45, 2.75) is 12.7 Å². The van der Waals surface area contributed by atoms with Gasteiger partial charge < -0.3 is 11.1 Å². The third-order valence-corrected chi connectivity index (χ3v) is 2.92. The maximum absolute atomic E-state index is 12.4. The molecule has 0 radical (unpaired) electrons. The van der Waals surface area contributed by atoms with Crippen LogP contribution in [0.2, 0.25) is 0 Å². The summed E-state index contributed by atoms with van der Waals surface area (Å²) in [5.74, 6) is -0.534. The van der Waals surface area contributed by atoms with Gasteiger partial charge in [0.15, 0.2) is 0 Å². The van der Waals surface area contributed by atoms with Crippen LogP contribution in [0.1, 0.15) is 21.5 Å². The van der Waals surface area contributed by atoms with Crippen molar-refractivity contribution in [3.8, 4) is 0 Å². The fourth-order valence-electron chi connectivity index (χ4n) is 1.80. The highest BCUT2D eigenvalue weighted by Crippen LogP contribution is 2.29. The van der Waals surface area contributed by atoms with Gasteiger partial charge in [0.1, 0.15) is 0 Å². The zero-order chi connectivity index (χ0) is 15.5. The van der Waals surface area contributed by atoms with Crippen molar-refractivity contribution in [2.24, 2.45) is 5.73 Å². The molecule has 3 nitrogen and oxygen atoms in total. The predicted octanol–water partition coefficient (Wildman–Crippen LogP) is 3.42. The minimum Gasteiger partial charge on any atom is -0.381 e. The molecule has 0 saturated carbocycles. The summed E-state index contributed by atoms with van der Waals surface area (Å²) in [6, 6.07) is 11.5. The van der Waals surface area contributed by atoms with Crippen LogP contribution in [0.15, 0.2) is 48.5 Å². The van der Waals surface area contributed by atoms with Gasteiger partial charge in [-0.2, -0.15) is 13.2 Å². The molecule has 0 aromatic heterocycles. The van der Waals surface area contributed by atoms with E-state index < -0.39 is 17.6 Å². The number of amides is 1. The van der Waals surface area contributed by atoms with E-state index in [-0.39, 0.29) is 0 Å². The molecule has 3 N–H and O–H groups in total. The fraction of sp³-hybridized carbons (Fsp3) is 0.133. The average molecular weight is 294 g/mol. The Balaban J connectivity index is 2.03. The number of nitrogens with one attached hydrogen (secondary N) is 1. The van der Waals surface area contributed by atoms with Gasteiger partial charge in [0.25, 0.3) is 0 Å². The molecule has 0 spiro atoms. The quantitative estimate of drug-likeness (QED) is 0.908. The van der Waals surface area contributed by atoms with E-state index in [9.17, 15) is 18.0 Å². The largest absolute Gasteiger partial charge is 0.416 e.